The summed E-state index contributed by atoms with van der Waals surface area (Å²) in [7, 11) is -0.656. The highest BCUT2D eigenvalue weighted by Gasteiger charge is 2.15. The van der Waals surface area contributed by atoms with Crippen molar-refractivity contribution in [3.63, 3.8) is 0 Å². The minimum absolute atomic E-state index is 0.244. The molecule has 0 saturated carbocycles. The maximum atomic E-state index is 10.6. The average molecular weight is 201 g/mol. The first-order valence-electron chi connectivity index (χ1n) is 3.81. The van der Waals surface area contributed by atoms with Crippen LogP contribution in [0.1, 0.15) is 13.8 Å². The third kappa shape index (κ3) is 6.48. The maximum Gasteiger partial charge on any atom is 0.697 e. The highest BCUT2D eigenvalue weighted by molar-refractivity contribution is 7.33. The van der Waals surface area contributed by atoms with Crippen molar-refractivity contribution in [1.82, 2.24) is 0 Å². The van der Waals surface area contributed by atoms with Gasteiger partial charge in [-0.05, 0) is 13.8 Å². The SMILES string of the molecule is C#CC(C)(C)C=CCO[P+](=O)OC. The summed E-state index contributed by atoms with van der Waals surface area (Å²) < 4.78 is 19.8. The Morgan fingerprint density at radius 1 is 1.62 bits per heavy atom. The Bertz CT molecular complexity index is 238. The summed E-state index contributed by atoms with van der Waals surface area (Å²) in [6, 6.07) is 0. The van der Waals surface area contributed by atoms with E-state index in [0.29, 0.717) is 0 Å². The molecule has 1 atom stereocenters. The summed E-state index contributed by atoms with van der Waals surface area (Å²) in [5.41, 5.74) is -0.290. The van der Waals surface area contributed by atoms with Crippen LogP contribution in [0.4, 0.5) is 0 Å². The Kier molecular flexibility index (Phi) is 5.57. The van der Waals surface area contributed by atoms with E-state index < -0.39 is 8.25 Å². The lowest BCUT2D eigenvalue weighted by Crippen LogP contribution is -2.02. The van der Waals surface area contributed by atoms with Crippen LogP contribution in [0.3, 0.4) is 0 Å². The summed E-state index contributed by atoms with van der Waals surface area (Å²) in [5.74, 6) is 2.60. The monoisotopic (exact) mass is 201 g/mol. The third-order valence-electron chi connectivity index (χ3n) is 1.33. The molecule has 0 fully saturated rings. The van der Waals surface area contributed by atoms with Crippen LogP contribution in [-0.4, -0.2) is 13.7 Å². The molecule has 3 nitrogen and oxygen atoms in total. The molecule has 0 radical (unpaired) electrons. The van der Waals surface area contributed by atoms with Gasteiger partial charge in [0.25, 0.3) is 0 Å². The fourth-order valence-electron chi connectivity index (χ4n) is 0.547. The lowest BCUT2D eigenvalue weighted by atomic mass is 9.95. The summed E-state index contributed by atoms with van der Waals surface area (Å²) in [4.78, 5) is 0. The molecule has 0 amide bonds. The van der Waals surface area contributed by atoms with Crippen molar-refractivity contribution < 1.29 is 13.6 Å². The second-order valence-electron chi connectivity index (χ2n) is 2.97. The van der Waals surface area contributed by atoms with E-state index in [-0.39, 0.29) is 12.0 Å². The first-order chi connectivity index (χ1) is 6.02. The first-order valence-corrected chi connectivity index (χ1v) is 4.91. The van der Waals surface area contributed by atoms with Crippen LogP contribution in [0.5, 0.6) is 0 Å². The zero-order valence-electron chi connectivity index (χ0n) is 8.11. The molecule has 0 aliphatic rings. The lowest BCUT2D eigenvalue weighted by molar-refractivity contribution is 0.279. The van der Waals surface area contributed by atoms with Crippen LogP contribution in [0.2, 0.25) is 0 Å². The summed E-state index contributed by atoms with van der Waals surface area (Å²) >= 11 is 0. The maximum absolute atomic E-state index is 10.6. The van der Waals surface area contributed by atoms with E-state index in [2.05, 4.69) is 10.4 Å². The van der Waals surface area contributed by atoms with Crippen LogP contribution < -0.4 is 0 Å². The van der Waals surface area contributed by atoms with Gasteiger partial charge in [0.15, 0.2) is 0 Å². The van der Waals surface area contributed by atoms with Crippen molar-refractivity contribution in [2.24, 2.45) is 5.41 Å². The van der Waals surface area contributed by atoms with Crippen molar-refractivity contribution >= 4 is 8.25 Å². The Balaban J connectivity index is 3.78. The van der Waals surface area contributed by atoms with Crippen LogP contribution in [0.25, 0.3) is 0 Å². The number of hydrogen-bond acceptors (Lipinski definition) is 3. The Morgan fingerprint density at radius 3 is 2.69 bits per heavy atom. The summed E-state index contributed by atoms with van der Waals surface area (Å²) in [6.07, 6.45) is 8.80. The van der Waals surface area contributed by atoms with Gasteiger partial charge < -0.3 is 0 Å². The van der Waals surface area contributed by atoms with Gasteiger partial charge in [-0.2, -0.15) is 0 Å². The van der Waals surface area contributed by atoms with Crippen LogP contribution >= 0.6 is 8.25 Å². The first kappa shape index (κ1) is 12.3. The Labute approximate surface area is 80.1 Å². The van der Waals surface area contributed by atoms with Crippen molar-refractivity contribution in [3.8, 4) is 12.3 Å². The van der Waals surface area contributed by atoms with Crippen molar-refractivity contribution in [2.75, 3.05) is 13.7 Å². The summed E-state index contributed by atoms with van der Waals surface area (Å²) in [6.45, 7) is 4.05. The molecular formula is C9H14O3P+. The van der Waals surface area contributed by atoms with Gasteiger partial charge in [0.1, 0.15) is 6.61 Å². The molecule has 0 aliphatic carbocycles. The molecular weight excluding hydrogens is 187 g/mol. The lowest BCUT2D eigenvalue weighted by Gasteiger charge is -2.09. The normalized spacial score (nSPS) is 12.9. The minimum Gasteiger partial charge on any atom is -0.122 e. The Morgan fingerprint density at radius 2 is 2.23 bits per heavy atom. The van der Waals surface area contributed by atoms with E-state index in [1.165, 1.54) is 7.11 Å². The molecule has 0 bridgehead atoms. The summed E-state index contributed by atoms with van der Waals surface area (Å²) in [5, 5.41) is 0. The number of rotatable bonds is 5. The molecule has 0 aromatic rings. The van der Waals surface area contributed by atoms with Crippen molar-refractivity contribution in [1.29, 1.82) is 0 Å². The minimum atomic E-state index is -1.98. The van der Waals surface area contributed by atoms with Gasteiger partial charge in [0.05, 0.1) is 7.11 Å². The topological polar surface area (TPSA) is 35.5 Å². The smallest absolute Gasteiger partial charge is 0.122 e. The van der Waals surface area contributed by atoms with Gasteiger partial charge in [0.2, 0.25) is 0 Å². The molecule has 1 unspecified atom stereocenters. The second-order valence-corrected chi connectivity index (χ2v) is 4.04. The third-order valence-corrected chi connectivity index (χ3v) is 1.99. The largest absolute Gasteiger partial charge is 0.697 e. The van der Waals surface area contributed by atoms with Gasteiger partial charge in [0, 0.05) is 9.98 Å². The Hall–Kier alpha value is -0.680. The van der Waals surface area contributed by atoms with Crippen LogP contribution in [-0.2, 0) is 13.6 Å². The molecule has 0 heterocycles. The number of terminal acetylenes is 1. The van der Waals surface area contributed by atoms with Gasteiger partial charge in [-0.3, -0.25) is 0 Å². The zero-order valence-corrected chi connectivity index (χ0v) is 9.01. The van der Waals surface area contributed by atoms with E-state index in [0.717, 1.165) is 0 Å². The average Bonchev–Trinajstić information content (AvgIpc) is 2.12. The van der Waals surface area contributed by atoms with Crippen LogP contribution in [0, 0.1) is 17.8 Å². The predicted molar refractivity (Wildman–Crippen MR) is 52.3 cm³/mol. The molecule has 0 aromatic carbocycles. The molecule has 72 valence electrons. The molecule has 0 N–H and O–H groups in total. The molecule has 13 heavy (non-hydrogen) atoms. The van der Waals surface area contributed by atoms with E-state index in [9.17, 15) is 4.57 Å². The van der Waals surface area contributed by atoms with E-state index in [1.54, 1.807) is 6.08 Å². The van der Waals surface area contributed by atoms with E-state index >= 15 is 0 Å². The predicted octanol–water partition coefficient (Wildman–Crippen LogP) is 2.52. The van der Waals surface area contributed by atoms with Crippen LogP contribution in [0.15, 0.2) is 12.2 Å². The number of allylic oxidation sites excluding steroid dienone is 1. The van der Waals surface area contributed by atoms with Crippen molar-refractivity contribution in [2.45, 2.75) is 13.8 Å². The van der Waals surface area contributed by atoms with Crippen molar-refractivity contribution in [3.05, 3.63) is 12.2 Å². The quantitative estimate of drug-likeness (QED) is 0.389. The fourth-order valence-corrected chi connectivity index (χ4v) is 0.861. The molecule has 0 spiro atoms. The molecule has 4 heteroatoms. The number of hydrogen-bond donors (Lipinski definition) is 0. The van der Waals surface area contributed by atoms with Gasteiger partial charge in [-0.1, -0.05) is 18.1 Å². The van der Waals surface area contributed by atoms with E-state index in [4.69, 9.17) is 10.9 Å². The van der Waals surface area contributed by atoms with Gasteiger partial charge in [-0.25, -0.2) is 0 Å². The van der Waals surface area contributed by atoms with Gasteiger partial charge >= 0.3 is 8.25 Å². The zero-order chi connectivity index (χ0) is 10.3. The fraction of sp³-hybridized carbons (Fsp3) is 0.556. The molecule has 0 rings (SSSR count). The second kappa shape index (κ2) is 5.88. The van der Waals surface area contributed by atoms with Gasteiger partial charge in [-0.15, -0.1) is 15.5 Å². The highest BCUT2D eigenvalue weighted by atomic mass is 31.1. The standard InChI is InChI=1S/C9H14O3P/c1-5-9(2,3)7-6-8-12-13(10)11-4/h1,6-7H,8H2,2-4H3/q+1. The molecule has 0 aromatic heterocycles. The molecule has 0 aliphatic heterocycles. The van der Waals surface area contributed by atoms with E-state index in [1.807, 2.05) is 19.9 Å². The molecule has 0 saturated heterocycles. The highest BCUT2D eigenvalue weighted by Crippen LogP contribution is 2.21.